The summed E-state index contributed by atoms with van der Waals surface area (Å²) in [5, 5.41) is 3.89. The first-order valence-electron chi connectivity index (χ1n) is 8.73. The summed E-state index contributed by atoms with van der Waals surface area (Å²) < 4.78 is 2.12. The monoisotopic (exact) mass is 394 g/mol. The number of nitrogens with zero attached hydrogens (tertiary/aromatic N) is 3. The van der Waals surface area contributed by atoms with Gasteiger partial charge in [-0.3, -0.25) is 9.69 Å². The third-order valence-electron chi connectivity index (χ3n) is 4.94. The van der Waals surface area contributed by atoms with Crippen molar-refractivity contribution in [3.8, 4) is 0 Å². The van der Waals surface area contributed by atoms with Gasteiger partial charge in [0.25, 0.3) is 5.91 Å². The van der Waals surface area contributed by atoms with Crippen molar-refractivity contribution >= 4 is 29.1 Å². The summed E-state index contributed by atoms with van der Waals surface area (Å²) in [5.41, 5.74) is 1.72. The number of hydrogen-bond donors (Lipinski definition) is 1. The Labute approximate surface area is 164 Å². The molecule has 2 aromatic rings. The molecule has 1 aromatic carbocycles. The van der Waals surface area contributed by atoms with Gasteiger partial charge in [0.2, 0.25) is 0 Å². The Hall–Kier alpha value is -1.53. The number of likely N-dealkylation sites (N-methyl/N-ethyl adjacent to an activating group) is 1. The number of piperazine rings is 1. The lowest BCUT2D eigenvalue weighted by Gasteiger charge is -2.38. The summed E-state index contributed by atoms with van der Waals surface area (Å²) in [7, 11) is 4.18. The largest absolute Gasteiger partial charge is 0.353 e. The van der Waals surface area contributed by atoms with Crippen LogP contribution in [0.15, 0.2) is 36.5 Å². The Morgan fingerprint density at radius 2 is 1.85 bits per heavy atom. The number of aromatic nitrogens is 1. The van der Waals surface area contributed by atoms with Crippen molar-refractivity contribution < 1.29 is 4.79 Å². The van der Waals surface area contributed by atoms with E-state index in [0.717, 1.165) is 26.2 Å². The van der Waals surface area contributed by atoms with E-state index < -0.39 is 0 Å². The third kappa shape index (κ3) is 4.41. The second kappa shape index (κ2) is 8.44. The molecule has 1 amide bonds. The van der Waals surface area contributed by atoms with Crippen molar-refractivity contribution in [2.45, 2.75) is 6.04 Å². The minimum atomic E-state index is -0.142. The number of nitrogens with one attached hydrogen (secondary N) is 1. The first-order chi connectivity index (χ1) is 12.5. The van der Waals surface area contributed by atoms with Gasteiger partial charge in [-0.25, -0.2) is 0 Å². The molecule has 1 aromatic heterocycles. The molecule has 7 heteroatoms. The lowest BCUT2D eigenvalue weighted by molar-refractivity contribution is 0.0877. The van der Waals surface area contributed by atoms with E-state index >= 15 is 0 Å². The van der Waals surface area contributed by atoms with Gasteiger partial charge in [0.1, 0.15) is 0 Å². The van der Waals surface area contributed by atoms with Crippen LogP contribution >= 0.6 is 23.2 Å². The Bertz CT molecular complexity index is 769. The van der Waals surface area contributed by atoms with Crippen molar-refractivity contribution in [3.63, 3.8) is 0 Å². The SMILES string of the molecule is CN1CCN(C(CNC(=O)c2ccc(Cl)c(Cl)c2)c2cccn2C)CC1. The van der Waals surface area contributed by atoms with Crippen LogP contribution in [0.1, 0.15) is 22.1 Å². The Morgan fingerprint density at radius 3 is 2.46 bits per heavy atom. The highest BCUT2D eigenvalue weighted by atomic mass is 35.5. The molecule has 1 aliphatic heterocycles. The molecule has 1 saturated heterocycles. The predicted octanol–water partition coefficient (Wildman–Crippen LogP) is 3.05. The molecular weight excluding hydrogens is 371 g/mol. The highest BCUT2D eigenvalue weighted by Crippen LogP contribution is 2.24. The Morgan fingerprint density at radius 1 is 1.12 bits per heavy atom. The number of hydrogen-bond acceptors (Lipinski definition) is 3. The first kappa shape index (κ1) is 19.2. The average Bonchev–Trinajstić information content (AvgIpc) is 3.04. The van der Waals surface area contributed by atoms with Gasteiger partial charge in [-0.05, 0) is 37.4 Å². The van der Waals surface area contributed by atoms with Gasteiger partial charge in [-0.15, -0.1) is 0 Å². The van der Waals surface area contributed by atoms with Crippen LogP contribution in [-0.2, 0) is 7.05 Å². The zero-order valence-electron chi connectivity index (χ0n) is 15.1. The summed E-state index contributed by atoms with van der Waals surface area (Å²) in [6.45, 7) is 4.56. The smallest absolute Gasteiger partial charge is 0.251 e. The molecule has 0 saturated carbocycles. The maximum atomic E-state index is 12.6. The number of rotatable bonds is 5. The third-order valence-corrected chi connectivity index (χ3v) is 5.68. The molecule has 0 radical (unpaired) electrons. The summed E-state index contributed by atoms with van der Waals surface area (Å²) in [6, 6.07) is 9.24. The molecule has 5 nitrogen and oxygen atoms in total. The van der Waals surface area contributed by atoms with Crippen molar-refractivity contribution in [1.82, 2.24) is 19.7 Å². The molecule has 0 bridgehead atoms. The summed E-state index contributed by atoms with van der Waals surface area (Å²) in [4.78, 5) is 17.3. The van der Waals surface area contributed by atoms with Crippen molar-refractivity contribution in [2.24, 2.45) is 7.05 Å². The lowest BCUT2D eigenvalue weighted by atomic mass is 10.1. The zero-order chi connectivity index (χ0) is 18.7. The highest BCUT2D eigenvalue weighted by Gasteiger charge is 2.26. The fraction of sp³-hybridized carbons (Fsp3) is 0.421. The molecule has 0 spiro atoms. The number of benzene rings is 1. The van der Waals surface area contributed by atoms with Crippen LogP contribution in [0.25, 0.3) is 0 Å². The van der Waals surface area contributed by atoms with Gasteiger partial charge >= 0.3 is 0 Å². The molecular formula is C19H24Cl2N4O. The number of amides is 1. The topological polar surface area (TPSA) is 40.5 Å². The Kier molecular flexibility index (Phi) is 6.24. The summed E-state index contributed by atoms with van der Waals surface area (Å²) in [5.74, 6) is -0.142. The van der Waals surface area contributed by atoms with Crippen LogP contribution in [-0.4, -0.2) is 60.0 Å². The first-order valence-corrected chi connectivity index (χ1v) is 9.48. The van der Waals surface area contributed by atoms with Crippen LogP contribution < -0.4 is 5.32 Å². The molecule has 2 heterocycles. The number of aryl methyl sites for hydroxylation is 1. The van der Waals surface area contributed by atoms with E-state index in [1.54, 1.807) is 18.2 Å². The fourth-order valence-corrected chi connectivity index (χ4v) is 3.60. The number of halogens is 2. The summed E-state index contributed by atoms with van der Waals surface area (Å²) >= 11 is 12.0. The molecule has 26 heavy (non-hydrogen) atoms. The molecule has 3 rings (SSSR count). The van der Waals surface area contributed by atoms with Crippen LogP contribution in [0.4, 0.5) is 0 Å². The number of carbonyl (C=O) groups excluding carboxylic acids is 1. The van der Waals surface area contributed by atoms with E-state index in [0.29, 0.717) is 22.2 Å². The lowest BCUT2D eigenvalue weighted by Crippen LogP contribution is -2.48. The molecule has 1 aliphatic rings. The van der Waals surface area contributed by atoms with Gasteiger partial charge < -0.3 is 14.8 Å². The second-order valence-corrected chi connectivity index (χ2v) is 7.55. The minimum absolute atomic E-state index is 0.135. The van der Waals surface area contributed by atoms with E-state index in [2.05, 4.69) is 32.8 Å². The average molecular weight is 395 g/mol. The normalized spacial score (nSPS) is 17.2. The molecule has 1 fully saturated rings. The quantitative estimate of drug-likeness (QED) is 0.846. The predicted molar refractivity (Wildman–Crippen MR) is 106 cm³/mol. The van der Waals surface area contributed by atoms with Crippen molar-refractivity contribution in [1.29, 1.82) is 0 Å². The molecule has 0 aliphatic carbocycles. The summed E-state index contributed by atoms with van der Waals surface area (Å²) in [6.07, 6.45) is 2.04. The van der Waals surface area contributed by atoms with E-state index in [1.165, 1.54) is 5.69 Å². The van der Waals surface area contributed by atoms with Crippen LogP contribution in [0, 0.1) is 0 Å². The minimum Gasteiger partial charge on any atom is -0.353 e. The van der Waals surface area contributed by atoms with Crippen molar-refractivity contribution in [3.05, 3.63) is 57.8 Å². The van der Waals surface area contributed by atoms with Gasteiger partial charge in [0.05, 0.1) is 16.1 Å². The number of carbonyl (C=O) groups is 1. The van der Waals surface area contributed by atoms with Gasteiger partial charge in [0, 0.05) is 57.2 Å². The van der Waals surface area contributed by atoms with Crippen molar-refractivity contribution in [2.75, 3.05) is 39.8 Å². The van der Waals surface area contributed by atoms with E-state index in [9.17, 15) is 4.79 Å². The Balaban J connectivity index is 1.72. The zero-order valence-corrected chi connectivity index (χ0v) is 16.6. The standard InChI is InChI=1S/C19H24Cl2N4O/c1-23-8-10-25(11-9-23)18(17-4-3-7-24(17)2)13-22-19(26)14-5-6-15(20)16(21)12-14/h3-7,12,18H,8-11,13H2,1-2H3,(H,22,26). The van der Waals surface area contributed by atoms with E-state index in [1.807, 2.05) is 19.3 Å². The maximum Gasteiger partial charge on any atom is 0.251 e. The van der Waals surface area contributed by atoms with E-state index in [-0.39, 0.29) is 11.9 Å². The van der Waals surface area contributed by atoms with Gasteiger partial charge in [-0.1, -0.05) is 23.2 Å². The maximum absolute atomic E-state index is 12.6. The molecule has 1 unspecified atom stereocenters. The van der Waals surface area contributed by atoms with Gasteiger partial charge in [0.15, 0.2) is 0 Å². The fourth-order valence-electron chi connectivity index (χ4n) is 3.30. The molecule has 1 atom stereocenters. The highest BCUT2D eigenvalue weighted by molar-refractivity contribution is 6.42. The van der Waals surface area contributed by atoms with Crippen LogP contribution in [0.3, 0.4) is 0 Å². The second-order valence-electron chi connectivity index (χ2n) is 6.74. The van der Waals surface area contributed by atoms with Crippen LogP contribution in [0.2, 0.25) is 10.0 Å². The molecule has 140 valence electrons. The molecule has 1 N–H and O–H groups in total. The van der Waals surface area contributed by atoms with E-state index in [4.69, 9.17) is 23.2 Å². The van der Waals surface area contributed by atoms with Gasteiger partial charge in [-0.2, -0.15) is 0 Å². The van der Waals surface area contributed by atoms with Crippen LogP contribution in [0.5, 0.6) is 0 Å².